The van der Waals surface area contributed by atoms with Crippen LogP contribution in [0.1, 0.15) is 19.7 Å². The normalized spacial score (nSPS) is 11.2. The van der Waals surface area contributed by atoms with Crippen LogP contribution >= 0.6 is 11.6 Å². The van der Waals surface area contributed by atoms with E-state index in [0.29, 0.717) is 23.3 Å². The van der Waals surface area contributed by atoms with E-state index in [0.717, 1.165) is 6.54 Å². The van der Waals surface area contributed by atoms with Crippen molar-refractivity contribution in [2.24, 2.45) is 5.92 Å². The van der Waals surface area contributed by atoms with Crippen LogP contribution in [-0.4, -0.2) is 26.8 Å². The molecule has 0 fully saturated rings. The third-order valence-electron chi connectivity index (χ3n) is 2.51. The molecule has 1 N–H and O–H groups in total. The molecule has 0 aliphatic rings. The molecule has 0 aliphatic heterocycles. The smallest absolute Gasteiger partial charge is 0.170 e. The molecule has 0 aliphatic carbocycles. The quantitative estimate of drug-likeness (QED) is 0.914. The lowest BCUT2D eigenvalue weighted by Crippen LogP contribution is -2.21. The summed E-state index contributed by atoms with van der Waals surface area (Å²) in [7, 11) is 0. The summed E-state index contributed by atoms with van der Waals surface area (Å²) in [6.07, 6.45) is 0. The van der Waals surface area contributed by atoms with Crippen molar-refractivity contribution in [2.75, 3.05) is 6.54 Å². The molecule has 0 amide bonds. The predicted molar refractivity (Wildman–Crippen MR) is 70.7 cm³/mol. The summed E-state index contributed by atoms with van der Waals surface area (Å²) in [5, 5.41) is 14.8. The van der Waals surface area contributed by atoms with Crippen LogP contribution in [0.2, 0.25) is 5.02 Å². The SMILES string of the molecule is CC(C)CNCc1nnnn1-c1ccc(Cl)cc1F. The van der Waals surface area contributed by atoms with E-state index in [1.54, 1.807) is 12.1 Å². The molecule has 0 unspecified atom stereocenters. The van der Waals surface area contributed by atoms with Crippen LogP contribution < -0.4 is 5.32 Å². The highest BCUT2D eigenvalue weighted by Crippen LogP contribution is 2.18. The number of halogens is 2. The topological polar surface area (TPSA) is 55.6 Å². The van der Waals surface area contributed by atoms with E-state index in [2.05, 4.69) is 34.7 Å². The van der Waals surface area contributed by atoms with E-state index in [-0.39, 0.29) is 5.69 Å². The molecular formula is C12H15ClFN5. The third kappa shape index (κ3) is 3.48. The molecule has 19 heavy (non-hydrogen) atoms. The summed E-state index contributed by atoms with van der Waals surface area (Å²) in [5.74, 6) is 0.628. The largest absolute Gasteiger partial charge is 0.310 e. The van der Waals surface area contributed by atoms with Crippen molar-refractivity contribution in [1.82, 2.24) is 25.5 Å². The van der Waals surface area contributed by atoms with Gasteiger partial charge in [0, 0.05) is 5.02 Å². The van der Waals surface area contributed by atoms with E-state index in [9.17, 15) is 4.39 Å². The highest BCUT2D eigenvalue weighted by Gasteiger charge is 2.12. The number of benzene rings is 1. The second-order valence-corrected chi connectivity index (χ2v) is 5.06. The lowest BCUT2D eigenvalue weighted by molar-refractivity contribution is 0.534. The summed E-state index contributed by atoms with van der Waals surface area (Å²) in [5.41, 5.74) is 0.288. The Balaban J connectivity index is 2.19. The third-order valence-corrected chi connectivity index (χ3v) is 2.74. The van der Waals surface area contributed by atoms with Gasteiger partial charge in [-0.05, 0) is 41.1 Å². The van der Waals surface area contributed by atoms with Gasteiger partial charge in [0.25, 0.3) is 0 Å². The molecule has 0 radical (unpaired) electrons. The van der Waals surface area contributed by atoms with Gasteiger partial charge in [0.1, 0.15) is 11.5 Å². The molecule has 0 bridgehead atoms. The Kier molecular flexibility index (Phi) is 4.44. The Morgan fingerprint density at radius 3 is 2.89 bits per heavy atom. The van der Waals surface area contributed by atoms with Crippen molar-refractivity contribution in [2.45, 2.75) is 20.4 Å². The van der Waals surface area contributed by atoms with Gasteiger partial charge in [0.15, 0.2) is 5.82 Å². The number of nitrogens with zero attached hydrogens (tertiary/aromatic N) is 4. The van der Waals surface area contributed by atoms with Gasteiger partial charge in [0.05, 0.1) is 6.54 Å². The molecule has 2 aromatic rings. The first kappa shape index (κ1) is 13.9. The first-order valence-electron chi connectivity index (χ1n) is 6.01. The Hall–Kier alpha value is -1.53. The van der Waals surface area contributed by atoms with Crippen molar-refractivity contribution in [3.8, 4) is 5.69 Å². The van der Waals surface area contributed by atoms with Gasteiger partial charge in [-0.1, -0.05) is 25.4 Å². The van der Waals surface area contributed by atoms with Crippen molar-refractivity contribution in [3.05, 3.63) is 34.9 Å². The molecule has 0 spiro atoms. The monoisotopic (exact) mass is 283 g/mol. The first-order valence-corrected chi connectivity index (χ1v) is 6.39. The Morgan fingerprint density at radius 1 is 1.42 bits per heavy atom. The number of aromatic nitrogens is 4. The number of rotatable bonds is 5. The van der Waals surface area contributed by atoms with Crippen molar-refractivity contribution < 1.29 is 4.39 Å². The molecule has 1 aromatic heterocycles. The van der Waals surface area contributed by atoms with Gasteiger partial charge >= 0.3 is 0 Å². The number of hydrogen-bond acceptors (Lipinski definition) is 4. The molecule has 1 aromatic carbocycles. The molecular weight excluding hydrogens is 269 g/mol. The number of tetrazole rings is 1. The fourth-order valence-electron chi connectivity index (χ4n) is 1.63. The van der Waals surface area contributed by atoms with E-state index >= 15 is 0 Å². The average molecular weight is 284 g/mol. The van der Waals surface area contributed by atoms with Crippen LogP contribution in [0.25, 0.3) is 5.69 Å². The standard InChI is InChI=1S/C12H15ClFN5/c1-8(2)6-15-7-12-16-17-18-19(12)11-4-3-9(13)5-10(11)14/h3-5,8,15H,6-7H2,1-2H3. The van der Waals surface area contributed by atoms with Crippen LogP contribution in [0.15, 0.2) is 18.2 Å². The van der Waals surface area contributed by atoms with Crippen LogP contribution in [-0.2, 0) is 6.54 Å². The summed E-state index contributed by atoms with van der Waals surface area (Å²) in [6.45, 7) is 5.53. The maximum Gasteiger partial charge on any atom is 0.170 e. The van der Waals surface area contributed by atoms with Crippen LogP contribution in [0, 0.1) is 11.7 Å². The molecule has 102 valence electrons. The van der Waals surface area contributed by atoms with Gasteiger partial charge < -0.3 is 5.32 Å². The van der Waals surface area contributed by atoms with Gasteiger partial charge in [-0.15, -0.1) is 5.10 Å². The molecule has 0 atom stereocenters. The van der Waals surface area contributed by atoms with Gasteiger partial charge in [-0.25, -0.2) is 4.39 Å². The van der Waals surface area contributed by atoms with Gasteiger partial charge in [-0.3, -0.25) is 0 Å². The second kappa shape index (κ2) is 6.08. The average Bonchev–Trinajstić information content (AvgIpc) is 2.77. The summed E-state index contributed by atoms with van der Waals surface area (Å²) in [6, 6.07) is 4.40. The predicted octanol–water partition coefficient (Wildman–Crippen LogP) is 2.20. The summed E-state index contributed by atoms with van der Waals surface area (Å²) >= 11 is 5.72. The van der Waals surface area contributed by atoms with Crippen LogP contribution in [0.3, 0.4) is 0 Å². The Morgan fingerprint density at radius 2 is 2.21 bits per heavy atom. The maximum atomic E-state index is 13.8. The molecule has 1 heterocycles. The van der Waals surface area contributed by atoms with Crippen LogP contribution in [0.5, 0.6) is 0 Å². The van der Waals surface area contributed by atoms with E-state index in [1.165, 1.54) is 10.7 Å². The lowest BCUT2D eigenvalue weighted by Gasteiger charge is -2.08. The van der Waals surface area contributed by atoms with E-state index in [4.69, 9.17) is 11.6 Å². The summed E-state index contributed by atoms with van der Waals surface area (Å²) in [4.78, 5) is 0. The van der Waals surface area contributed by atoms with Crippen molar-refractivity contribution in [3.63, 3.8) is 0 Å². The minimum absolute atomic E-state index is 0.288. The fraction of sp³-hybridized carbons (Fsp3) is 0.417. The number of hydrogen-bond donors (Lipinski definition) is 1. The van der Waals surface area contributed by atoms with Crippen LogP contribution in [0.4, 0.5) is 4.39 Å². The van der Waals surface area contributed by atoms with Crippen molar-refractivity contribution >= 4 is 11.6 Å². The fourth-order valence-corrected chi connectivity index (χ4v) is 1.79. The highest BCUT2D eigenvalue weighted by molar-refractivity contribution is 6.30. The first-order chi connectivity index (χ1) is 9.08. The second-order valence-electron chi connectivity index (χ2n) is 4.63. The molecule has 7 heteroatoms. The Labute approximate surface area is 115 Å². The minimum Gasteiger partial charge on any atom is -0.310 e. The lowest BCUT2D eigenvalue weighted by atomic mass is 10.2. The molecule has 2 rings (SSSR count). The van der Waals surface area contributed by atoms with Gasteiger partial charge in [0.2, 0.25) is 0 Å². The zero-order valence-corrected chi connectivity index (χ0v) is 11.5. The highest BCUT2D eigenvalue weighted by atomic mass is 35.5. The molecule has 0 saturated heterocycles. The van der Waals surface area contributed by atoms with Crippen molar-refractivity contribution in [1.29, 1.82) is 0 Å². The van der Waals surface area contributed by atoms with Gasteiger partial charge in [-0.2, -0.15) is 4.68 Å². The zero-order chi connectivity index (χ0) is 13.8. The molecule has 5 nitrogen and oxygen atoms in total. The van der Waals surface area contributed by atoms with E-state index < -0.39 is 5.82 Å². The summed E-state index contributed by atoms with van der Waals surface area (Å²) < 4.78 is 15.2. The molecule has 0 saturated carbocycles. The Bertz CT molecular complexity index is 555. The number of nitrogens with one attached hydrogen (secondary N) is 1. The maximum absolute atomic E-state index is 13.8. The van der Waals surface area contributed by atoms with E-state index in [1.807, 2.05) is 0 Å². The zero-order valence-electron chi connectivity index (χ0n) is 10.8. The minimum atomic E-state index is -0.454.